The lowest BCUT2D eigenvalue weighted by atomic mass is 10.1. The molecule has 0 fully saturated rings. The topological polar surface area (TPSA) is 84.5 Å². The number of nitrogens with one attached hydrogen (secondary N) is 2. The SMILES string of the molecule is CC(=O)Nc1ccc(CC(=O)O[C@@H](C(=O)Nc2ccc(F)cc2)c2ccccc2)cc1. The zero-order valence-corrected chi connectivity index (χ0v) is 16.8. The van der Waals surface area contributed by atoms with Crippen LogP contribution in [0.4, 0.5) is 15.8 Å². The normalized spacial score (nSPS) is 11.3. The third-order valence-electron chi connectivity index (χ3n) is 4.32. The molecule has 0 heterocycles. The van der Waals surface area contributed by atoms with E-state index in [0.717, 1.165) is 0 Å². The van der Waals surface area contributed by atoms with Gasteiger partial charge in [0.25, 0.3) is 5.91 Å². The highest BCUT2D eigenvalue weighted by atomic mass is 19.1. The second-order valence-corrected chi connectivity index (χ2v) is 6.83. The molecular weight excluding hydrogens is 399 g/mol. The van der Waals surface area contributed by atoms with Crippen LogP contribution in [-0.2, 0) is 25.5 Å². The van der Waals surface area contributed by atoms with Crippen molar-refractivity contribution in [3.63, 3.8) is 0 Å². The Kier molecular flexibility index (Phi) is 7.11. The highest BCUT2D eigenvalue weighted by molar-refractivity contribution is 5.96. The molecule has 0 aliphatic rings. The van der Waals surface area contributed by atoms with Crippen LogP contribution in [0.25, 0.3) is 0 Å². The van der Waals surface area contributed by atoms with E-state index < -0.39 is 23.8 Å². The van der Waals surface area contributed by atoms with Gasteiger partial charge in [0.1, 0.15) is 5.82 Å². The summed E-state index contributed by atoms with van der Waals surface area (Å²) in [6.07, 6.45) is -1.22. The second kappa shape index (κ2) is 10.2. The van der Waals surface area contributed by atoms with E-state index in [1.807, 2.05) is 0 Å². The summed E-state index contributed by atoms with van der Waals surface area (Å²) in [7, 11) is 0. The number of anilines is 2. The van der Waals surface area contributed by atoms with Crippen molar-refractivity contribution < 1.29 is 23.5 Å². The molecule has 3 aromatic rings. The number of carbonyl (C=O) groups excluding carboxylic acids is 3. The first-order chi connectivity index (χ1) is 14.9. The van der Waals surface area contributed by atoms with Gasteiger partial charge in [0, 0.05) is 23.9 Å². The van der Waals surface area contributed by atoms with Crippen molar-refractivity contribution in [2.75, 3.05) is 10.6 Å². The Balaban J connectivity index is 1.70. The molecule has 0 bridgehead atoms. The fourth-order valence-corrected chi connectivity index (χ4v) is 2.89. The standard InChI is InChI=1S/C24H21FN2O4/c1-16(28)26-20-11-7-17(8-12-20)15-22(29)31-23(18-5-3-2-4-6-18)24(30)27-21-13-9-19(25)10-14-21/h2-14,23H,15H2,1H3,(H,26,28)(H,27,30)/t23-/m1/s1. The van der Waals surface area contributed by atoms with Gasteiger partial charge in [-0.05, 0) is 42.0 Å². The lowest BCUT2D eigenvalue weighted by Crippen LogP contribution is -2.26. The highest BCUT2D eigenvalue weighted by Crippen LogP contribution is 2.21. The van der Waals surface area contributed by atoms with Crippen molar-refractivity contribution in [2.24, 2.45) is 0 Å². The van der Waals surface area contributed by atoms with Crippen LogP contribution in [0.3, 0.4) is 0 Å². The predicted octanol–water partition coefficient (Wildman–Crippen LogP) is 4.25. The Hall–Kier alpha value is -4.00. The monoisotopic (exact) mass is 420 g/mol. The van der Waals surface area contributed by atoms with E-state index in [-0.39, 0.29) is 12.3 Å². The zero-order valence-electron chi connectivity index (χ0n) is 16.8. The van der Waals surface area contributed by atoms with Crippen LogP contribution in [0.5, 0.6) is 0 Å². The first-order valence-electron chi connectivity index (χ1n) is 9.58. The Morgan fingerprint density at radius 3 is 2.03 bits per heavy atom. The minimum Gasteiger partial charge on any atom is -0.447 e. The number of hydrogen-bond donors (Lipinski definition) is 2. The van der Waals surface area contributed by atoms with E-state index in [1.165, 1.54) is 31.2 Å². The maximum atomic E-state index is 13.1. The lowest BCUT2D eigenvalue weighted by Gasteiger charge is -2.18. The molecule has 0 aliphatic carbocycles. The molecule has 1 atom stereocenters. The molecule has 2 amide bonds. The third kappa shape index (κ3) is 6.50. The number of rotatable bonds is 7. The van der Waals surface area contributed by atoms with Gasteiger partial charge in [-0.1, -0.05) is 42.5 Å². The molecule has 0 radical (unpaired) electrons. The van der Waals surface area contributed by atoms with E-state index in [1.54, 1.807) is 54.6 Å². The number of benzene rings is 3. The first-order valence-corrected chi connectivity index (χ1v) is 9.58. The smallest absolute Gasteiger partial charge is 0.311 e. The summed E-state index contributed by atoms with van der Waals surface area (Å²) >= 11 is 0. The van der Waals surface area contributed by atoms with E-state index in [4.69, 9.17) is 4.74 Å². The maximum absolute atomic E-state index is 13.1. The van der Waals surface area contributed by atoms with Crippen LogP contribution in [0, 0.1) is 5.82 Å². The first kappa shape index (κ1) is 21.7. The second-order valence-electron chi connectivity index (χ2n) is 6.83. The minimum absolute atomic E-state index is 0.0481. The van der Waals surface area contributed by atoms with Crippen LogP contribution < -0.4 is 10.6 Å². The summed E-state index contributed by atoms with van der Waals surface area (Å²) in [6, 6.07) is 20.7. The van der Waals surface area contributed by atoms with Gasteiger partial charge in [-0.2, -0.15) is 0 Å². The van der Waals surface area contributed by atoms with Crippen molar-refractivity contribution in [3.05, 3.63) is 95.8 Å². The molecule has 2 N–H and O–H groups in total. The summed E-state index contributed by atoms with van der Waals surface area (Å²) in [5.74, 6) is -1.75. The van der Waals surface area contributed by atoms with Gasteiger partial charge in [0.15, 0.2) is 0 Å². The van der Waals surface area contributed by atoms with Crippen LogP contribution in [-0.4, -0.2) is 17.8 Å². The highest BCUT2D eigenvalue weighted by Gasteiger charge is 2.25. The molecule has 6 nitrogen and oxygen atoms in total. The number of ether oxygens (including phenoxy) is 1. The largest absolute Gasteiger partial charge is 0.447 e. The predicted molar refractivity (Wildman–Crippen MR) is 115 cm³/mol. The number of halogens is 1. The van der Waals surface area contributed by atoms with Gasteiger partial charge in [-0.3, -0.25) is 14.4 Å². The molecule has 0 aromatic heterocycles. The quantitative estimate of drug-likeness (QED) is 0.560. The molecule has 0 spiro atoms. The average Bonchev–Trinajstić information content (AvgIpc) is 2.75. The fraction of sp³-hybridized carbons (Fsp3) is 0.125. The van der Waals surface area contributed by atoms with E-state index in [2.05, 4.69) is 10.6 Å². The van der Waals surface area contributed by atoms with Crippen LogP contribution in [0.1, 0.15) is 24.2 Å². The average molecular weight is 420 g/mol. The molecule has 0 unspecified atom stereocenters. The van der Waals surface area contributed by atoms with Gasteiger partial charge in [-0.25, -0.2) is 4.39 Å². The number of carbonyl (C=O) groups is 3. The van der Waals surface area contributed by atoms with Crippen molar-refractivity contribution >= 4 is 29.2 Å². The van der Waals surface area contributed by atoms with Crippen LogP contribution in [0.15, 0.2) is 78.9 Å². The number of hydrogen-bond acceptors (Lipinski definition) is 4. The summed E-state index contributed by atoms with van der Waals surface area (Å²) in [5.41, 5.74) is 2.18. The molecule has 0 aliphatic heterocycles. The molecule has 158 valence electrons. The Morgan fingerprint density at radius 2 is 1.42 bits per heavy atom. The third-order valence-corrected chi connectivity index (χ3v) is 4.32. The maximum Gasteiger partial charge on any atom is 0.311 e. The summed E-state index contributed by atoms with van der Waals surface area (Å²) in [6.45, 7) is 1.41. The summed E-state index contributed by atoms with van der Waals surface area (Å²) in [5, 5.41) is 5.29. The van der Waals surface area contributed by atoms with Gasteiger partial charge < -0.3 is 15.4 Å². The van der Waals surface area contributed by atoms with Crippen LogP contribution >= 0.6 is 0 Å². The molecule has 7 heteroatoms. The van der Waals surface area contributed by atoms with Crippen LogP contribution in [0.2, 0.25) is 0 Å². The summed E-state index contributed by atoms with van der Waals surface area (Å²) < 4.78 is 18.6. The molecule has 3 rings (SSSR count). The zero-order chi connectivity index (χ0) is 22.2. The van der Waals surface area contributed by atoms with E-state index in [0.29, 0.717) is 22.5 Å². The Bertz CT molecular complexity index is 1050. The Labute approximate surface area is 179 Å². The van der Waals surface area contributed by atoms with Gasteiger partial charge in [0.2, 0.25) is 12.0 Å². The molecule has 0 saturated carbocycles. The van der Waals surface area contributed by atoms with E-state index in [9.17, 15) is 18.8 Å². The minimum atomic E-state index is -1.17. The van der Waals surface area contributed by atoms with E-state index >= 15 is 0 Å². The van der Waals surface area contributed by atoms with Crippen molar-refractivity contribution in [2.45, 2.75) is 19.4 Å². The number of amides is 2. The number of esters is 1. The summed E-state index contributed by atoms with van der Waals surface area (Å²) in [4.78, 5) is 36.5. The molecule has 31 heavy (non-hydrogen) atoms. The van der Waals surface area contributed by atoms with Crippen molar-refractivity contribution in [1.29, 1.82) is 0 Å². The van der Waals surface area contributed by atoms with Gasteiger partial charge >= 0.3 is 5.97 Å². The fourth-order valence-electron chi connectivity index (χ4n) is 2.89. The van der Waals surface area contributed by atoms with Crippen molar-refractivity contribution in [3.8, 4) is 0 Å². The molecule has 3 aromatic carbocycles. The van der Waals surface area contributed by atoms with Gasteiger partial charge in [0.05, 0.1) is 6.42 Å². The van der Waals surface area contributed by atoms with Crippen molar-refractivity contribution in [1.82, 2.24) is 0 Å². The molecule has 0 saturated heterocycles. The molecular formula is C24H21FN2O4. The Morgan fingerprint density at radius 1 is 0.839 bits per heavy atom. The lowest BCUT2D eigenvalue weighted by molar-refractivity contribution is -0.154. The van der Waals surface area contributed by atoms with Gasteiger partial charge in [-0.15, -0.1) is 0 Å².